The Balaban J connectivity index is 1.74. The molecule has 3 nitrogen and oxygen atoms in total. The molecule has 2 N–H and O–H groups in total. The summed E-state index contributed by atoms with van der Waals surface area (Å²) in [6.07, 6.45) is 0. The minimum Gasteiger partial charge on any atom is -0.481 e. The molecule has 4 heteroatoms. The zero-order valence-corrected chi connectivity index (χ0v) is 12.6. The van der Waals surface area contributed by atoms with Crippen molar-refractivity contribution in [3.8, 4) is 0 Å². The van der Waals surface area contributed by atoms with Gasteiger partial charge in [-0.2, -0.15) is 0 Å². The SMILES string of the molecule is O=C(O)C(CNCCSc1ccccc1)c1ccccc1. The first-order valence-electron chi connectivity index (χ1n) is 6.93. The van der Waals surface area contributed by atoms with E-state index in [1.54, 1.807) is 11.8 Å². The fourth-order valence-electron chi connectivity index (χ4n) is 2.04. The van der Waals surface area contributed by atoms with Crippen molar-refractivity contribution >= 4 is 17.7 Å². The van der Waals surface area contributed by atoms with Gasteiger partial charge in [0.25, 0.3) is 0 Å². The number of benzene rings is 2. The molecular weight excluding hydrogens is 282 g/mol. The highest BCUT2D eigenvalue weighted by atomic mass is 32.2. The number of hydrogen-bond acceptors (Lipinski definition) is 3. The maximum atomic E-state index is 11.3. The number of nitrogens with one attached hydrogen (secondary N) is 1. The van der Waals surface area contributed by atoms with Crippen LogP contribution in [0.1, 0.15) is 11.5 Å². The van der Waals surface area contributed by atoms with Gasteiger partial charge in [-0.1, -0.05) is 48.5 Å². The van der Waals surface area contributed by atoms with Crippen LogP contribution >= 0.6 is 11.8 Å². The monoisotopic (exact) mass is 301 g/mol. The molecule has 2 aromatic carbocycles. The van der Waals surface area contributed by atoms with Crippen LogP contribution in [-0.2, 0) is 4.79 Å². The van der Waals surface area contributed by atoms with Gasteiger partial charge in [0.15, 0.2) is 0 Å². The summed E-state index contributed by atoms with van der Waals surface area (Å²) < 4.78 is 0. The maximum absolute atomic E-state index is 11.3. The second kappa shape index (κ2) is 8.49. The van der Waals surface area contributed by atoms with Crippen LogP contribution in [0, 0.1) is 0 Å². The third kappa shape index (κ3) is 5.25. The molecule has 0 bridgehead atoms. The third-order valence-corrected chi connectivity index (χ3v) is 4.15. The lowest BCUT2D eigenvalue weighted by Crippen LogP contribution is -2.28. The standard InChI is InChI=1S/C17H19NO2S/c19-17(20)16(14-7-3-1-4-8-14)13-18-11-12-21-15-9-5-2-6-10-15/h1-10,16,18H,11-13H2,(H,19,20). The summed E-state index contributed by atoms with van der Waals surface area (Å²) >= 11 is 1.77. The van der Waals surface area contributed by atoms with Gasteiger partial charge >= 0.3 is 5.97 Å². The van der Waals surface area contributed by atoms with E-state index < -0.39 is 11.9 Å². The lowest BCUT2D eigenvalue weighted by molar-refractivity contribution is -0.138. The van der Waals surface area contributed by atoms with Gasteiger partial charge in [-0.05, 0) is 17.7 Å². The molecule has 0 fully saturated rings. The average molecular weight is 301 g/mol. The lowest BCUT2D eigenvalue weighted by Gasteiger charge is -2.13. The summed E-state index contributed by atoms with van der Waals surface area (Å²) in [5, 5.41) is 12.5. The molecule has 0 aromatic heterocycles. The molecule has 0 saturated carbocycles. The predicted octanol–water partition coefficient (Wildman–Crippen LogP) is 3.24. The van der Waals surface area contributed by atoms with Crippen LogP contribution in [0.4, 0.5) is 0 Å². The van der Waals surface area contributed by atoms with E-state index >= 15 is 0 Å². The number of carboxylic acid groups (broad SMARTS) is 1. The van der Waals surface area contributed by atoms with Crippen LogP contribution < -0.4 is 5.32 Å². The molecular formula is C17H19NO2S. The van der Waals surface area contributed by atoms with E-state index in [4.69, 9.17) is 0 Å². The topological polar surface area (TPSA) is 49.3 Å². The van der Waals surface area contributed by atoms with E-state index in [2.05, 4.69) is 17.4 Å². The van der Waals surface area contributed by atoms with E-state index in [1.807, 2.05) is 48.5 Å². The molecule has 0 radical (unpaired) electrons. The van der Waals surface area contributed by atoms with Crippen molar-refractivity contribution in [2.45, 2.75) is 10.8 Å². The van der Waals surface area contributed by atoms with E-state index in [1.165, 1.54) is 4.90 Å². The zero-order chi connectivity index (χ0) is 14.9. The van der Waals surface area contributed by atoms with E-state index in [9.17, 15) is 9.90 Å². The van der Waals surface area contributed by atoms with Gasteiger partial charge in [-0.15, -0.1) is 11.8 Å². The fourth-order valence-corrected chi connectivity index (χ4v) is 2.87. The van der Waals surface area contributed by atoms with Gasteiger partial charge in [0, 0.05) is 23.7 Å². The second-order valence-electron chi connectivity index (χ2n) is 4.67. The summed E-state index contributed by atoms with van der Waals surface area (Å²) in [6, 6.07) is 19.6. The van der Waals surface area contributed by atoms with Gasteiger partial charge in [0.05, 0.1) is 5.92 Å². The van der Waals surface area contributed by atoms with Crippen LogP contribution in [0.3, 0.4) is 0 Å². The maximum Gasteiger partial charge on any atom is 0.312 e. The molecule has 21 heavy (non-hydrogen) atoms. The first-order valence-corrected chi connectivity index (χ1v) is 7.92. The summed E-state index contributed by atoms with van der Waals surface area (Å²) in [6.45, 7) is 1.24. The number of carbonyl (C=O) groups is 1. The summed E-state index contributed by atoms with van der Waals surface area (Å²) in [5.41, 5.74) is 0.841. The van der Waals surface area contributed by atoms with Gasteiger partial charge in [-0.3, -0.25) is 4.79 Å². The molecule has 0 amide bonds. The van der Waals surface area contributed by atoms with Gasteiger partial charge in [-0.25, -0.2) is 0 Å². The fraction of sp³-hybridized carbons (Fsp3) is 0.235. The quantitative estimate of drug-likeness (QED) is 0.580. The number of rotatable bonds is 8. The summed E-state index contributed by atoms with van der Waals surface area (Å²) in [4.78, 5) is 12.6. The molecule has 2 aromatic rings. The molecule has 1 unspecified atom stereocenters. The van der Waals surface area contributed by atoms with Crippen LogP contribution in [0.5, 0.6) is 0 Å². The Morgan fingerprint density at radius 3 is 2.29 bits per heavy atom. The first kappa shape index (κ1) is 15.6. The Bertz CT molecular complexity index is 545. The molecule has 110 valence electrons. The molecule has 2 rings (SSSR count). The Morgan fingerprint density at radius 1 is 1.05 bits per heavy atom. The van der Waals surface area contributed by atoms with Crippen molar-refractivity contribution in [1.82, 2.24) is 5.32 Å². The smallest absolute Gasteiger partial charge is 0.312 e. The lowest BCUT2D eigenvalue weighted by atomic mass is 9.99. The normalized spacial score (nSPS) is 12.0. The Morgan fingerprint density at radius 2 is 1.67 bits per heavy atom. The van der Waals surface area contributed by atoms with Crippen molar-refractivity contribution in [2.75, 3.05) is 18.8 Å². The van der Waals surface area contributed by atoms with Crippen molar-refractivity contribution in [2.24, 2.45) is 0 Å². The zero-order valence-electron chi connectivity index (χ0n) is 11.7. The highest BCUT2D eigenvalue weighted by Crippen LogP contribution is 2.17. The van der Waals surface area contributed by atoms with E-state index in [0.717, 1.165) is 17.9 Å². The van der Waals surface area contributed by atoms with Crippen molar-refractivity contribution in [3.63, 3.8) is 0 Å². The third-order valence-electron chi connectivity index (χ3n) is 3.14. The Hall–Kier alpha value is -1.78. The largest absolute Gasteiger partial charge is 0.481 e. The van der Waals surface area contributed by atoms with Gasteiger partial charge in [0.1, 0.15) is 0 Å². The average Bonchev–Trinajstić information content (AvgIpc) is 2.52. The van der Waals surface area contributed by atoms with E-state index in [-0.39, 0.29) is 0 Å². The van der Waals surface area contributed by atoms with Crippen LogP contribution in [0.15, 0.2) is 65.6 Å². The van der Waals surface area contributed by atoms with E-state index in [0.29, 0.717) is 6.54 Å². The number of hydrogen-bond donors (Lipinski definition) is 2. The molecule has 0 aliphatic carbocycles. The Labute approximate surface area is 129 Å². The number of aliphatic carboxylic acids is 1. The highest BCUT2D eigenvalue weighted by Gasteiger charge is 2.18. The summed E-state index contributed by atoms with van der Waals surface area (Å²) in [5.74, 6) is -0.358. The molecule has 0 spiro atoms. The van der Waals surface area contributed by atoms with Crippen LogP contribution in [-0.4, -0.2) is 29.9 Å². The second-order valence-corrected chi connectivity index (χ2v) is 5.84. The minimum atomic E-state index is -0.788. The number of carboxylic acids is 1. The first-order chi connectivity index (χ1) is 10.3. The van der Waals surface area contributed by atoms with Crippen molar-refractivity contribution < 1.29 is 9.90 Å². The predicted molar refractivity (Wildman–Crippen MR) is 86.9 cm³/mol. The molecule has 0 aliphatic rings. The number of thioether (sulfide) groups is 1. The van der Waals surface area contributed by atoms with Crippen molar-refractivity contribution in [3.05, 3.63) is 66.2 Å². The van der Waals surface area contributed by atoms with Gasteiger partial charge in [0.2, 0.25) is 0 Å². The van der Waals surface area contributed by atoms with Crippen LogP contribution in [0.2, 0.25) is 0 Å². The van der Waals surface area contributed by atoms with Crippen LogP contribution in [0.25, 0.3) is 0 Å². The highest BCUT2D eigenvalue weighted by molar-refractivity contribution is 7.99. The van der Waals surface area contributed by atoms with Gasteiger partial charge < -0.3 is 10.4 Å². The Kier molecular flexibility index (Phi) is 6.31. The summed E-state index contributed by atoms with van der Waals surface area (Å²) in [7, 11) is 0. The molecule has 0 saturated heterocycles. The molecule has 1 atom stereocenters. The van der Waals surface area contributed by atoms with Crippen molar-refractivity contribution in [1.29, 1.82) is 0 Å². The molecule has 0 heterocycles. The minimum absolute atomic E-state index is 0.453. The molecule has 0 aliphatic heterocycles.